The smallest absolute Gasteiger partial charge is 0.142 e. The lowest BCUT2D eigenvalue weighted by atomic mass is 10.1. The largest absolute Gasteiger partial charge is 0.491 e. The van der Waals surface area contributed by atoms with Crippen LogP contribution in [0.1, 0.15) is 12.0 Å². The van der Waals surface area contributed by atoms with Gasteiger partial charge in [0, 0.05) is 16.6 Å². The van der Waals surface area contributed by atoms with E-state index in [2.05, 4.69) is 20.8 Å². The van der Waals surface area contributed by atoms with Gasteiger partial charge in [0.25, 0.3) is 0 Å². The van der Waals surface area contributed by atoms with Gasteiger partial charge in [-0.2, -0.15) is 0 Å². The van der Waals surface area contributed by atoms with Gasteiger partial charge in [0.15, 0.2) is 0 Å². The van der Waals surface area contributed by atoms with Crippen molar-refractivity contribution in [2.24, 2.45) is 5.73 Å². The second kappa shape index (κ2) is 5.77. The summed E-state index contributed by atoms with van der Waals surface area (Å²) in [6, 6.07) is 13.8. The number of nitrogens with zero attached hydrogens (tertiary/aromatic N) is 1. The molecule has 108 valence electrons. The van der Waals surface area contributed by atoms with Gasteiger partial charge >= 0.3 is 0 Å². The maximum absolute atomic E-state index is 7.83. The Morgan fingerprint density at radius 3 is 2.81 bits per heavy atom. The van der Waals surface area contributed by atoms with Crippen LogP contribution in [0.25, 0.3) is 0 Å². The van der Waals surface area contributed by atoms with E-state index in [1.54, 1.807) is 0 Å². The van der Waals surface area contributed by atoms with Crippen LogP contribution in [0, 0.1) is 5.41 Å². The summed E-state index contributed by atoms with van der Waals surface area (Å²) in [6.45, 7) is 1.53. The Labute approximate surface area is 132 Å². The molecule has 0 amide bonds. The SMILES string of the molecule is N=C(N)c1cc(Br)ccc1N1CCCOc2ccccc21. The molecule has 4 nitrogen and oxygen atoms in total. The summed E-state index contributed by atoms with van der Waals surface area (Å²) in [5.41, 5.74) is 8.42. The minimum Gasteiger partial charge on any atom is -0.491 e. The van der Waals surface area contributed by atoms with E-state index in [1.807, 2.05) is 42.5 Å². The van der Waals surface area contributed by atoms with Crippen molar-refractivity contribution in [3.63, 3.8) is 0 Å². The topological polar surface area (TPSA) is 62.3 Å². The van der Waals surface area contributed by atoms with Gasteiger partial charge in [-0.15, -0.1) is 0 Å². The second-order valence-electron chi connectivity index (χ2n) is 4.90. The fourth-order valence-corrected chi connectivity index (χ4v) is 2.90. The highest BCUT2D eigenvalue weighted by atomic mass is 79.9. The summed E-state index contributed by atoms with van der Waals surface area (Å²) in [7, 11) is 0. The first-order valence-electron chi connectivity index (χ1n) is 6.80. The lowest BCUT2D eigenvalue weighted by Crippen LogP contribution is -2.22. The van der Waals surface area contributed by atoms with Crippen molar-refractivity contribution in [2.45, 2.75) is 6.42 Å². The molecule has 0 aliphatic carbocycles. The summed E-state index contributed by atoms with van der Waals surface area (Å²) >= 11 is 3.44. The highest BCUT2D eigenvalue weighted by Gasteiger charge is 2.20. The Bertz CT molecular complexity index is 687. The Morgan fingerprint density at radius 2 is 2.00 bits per heavy atom. The van der Waals surface area contributed by atoms with Crippen LogP contribution in [0.5, 0.6) is 5.75 Å². The number of anilines is 2. The first kappa shape index (κ1) is 13.9. The van der Waals surface area contributed by atoms with Crippen LogP contribution in [0.3, 0.4) is 0 Å². The van der Waals surface area contributed by atoms with Crippen molar-refractivity contribution in [3.8, 4) is 5.75 Å². The van der Waals surface area contributed by atoms with Crippen molar-refractivity contribution >= 4 is 33.1 Å². The van der Waals surface area contributed by atoms with E-state index < -0.39 is 0 Å². The Morgan fingerprint density at radius 1 is 1.19 bits per heavy atom. The van der Waals surface area contributed by atoms with Crippen LogP contribution >= 0.6 is 15.9 Å². The number of amidine groups is 1. The third-order valence-corrected chi connectivity index (χ3v) is 3.97. The molecule has 21 heavy (non-hydrogen) atoms. The molecule has 1 heterocycles. The number of nitrogen functional groups attached to an aromatic ring is 1. The van der Waals surface area contributed by atoms with Gasteiger partial charge in [-0.1, -0.05) is 28.1 Å². The van der Waals surface area contributed by atoms with Crippen molar-refractivity contribution in [3.05, 3.63) is 52.5 Å². The number of fused-ring (bicyclic) bond motifs is 1. The fraction of sp³-hybridized carbons (Fsp3) is 0.188. The zero-order valence-corrected chi connectivity index (χ0v) is 13.1. The molecule has 1 aliphatic rings. The van der Waals surface area contributed by atoms with Gasteiger partial charge in [-0.25, -0.2) is 0 Å². The van der Waals surface area contributed by atoms with Gasteiger partial charge in [0.1, 0.15) is 11.6 Å². The molecule has 3 rings (SSSR count). The maximum Gasteiger partial charge on any atom is 0.142 e. The molecule has 0 saturated carbocycles. The minimum absolute atomic E-state index is 0.0638. The lowest BCUT2D eigenvalue weighted by Gasteiger charge is -2.26. The lowest BCUT2D eigenvalue weighted by molar-refractivity contribution is 0.322. The zero-order valence-electron chi connectivity index (χ0n) is 11.5. The summed E-state index contributed by atoms with van der Waals surface area (Å²) in [4.78, 5) is 2.17. The number of benzene rings is 2. The van der Waals surface area contributed by atoms with E-state index in [0.29, 0.717) is 6.61 Å². The minimum atomic E-state index is 0.0638. The third-order valence-electron chi connectivity index (χ3n) is 3.48. The summed E-state index contributed by atoms with van der Waals surface area (Å²) < 4.78 is 6.70. The number of nitrogens with one attached hydrogen (secondary N) is 1. The number of rotatable bonds is 2. The molecule has 0 aromatic heterocycles. The molecule has 0 unspecified atom stereocenters. The second-order valence-corrected chi connectivity index (χ2v) is 5.81. The first-order valence-corrected chi connectivity index (χ1v) is 7.59. The highest BCUT2D eigenvalue weighted by Crippen LogP contribution is 2.37. The Kier molecular flexibility index (Phi) is 3.84. The fourth-order valence-electron chi connectivity index (χ4n) is 2.54. The molecule has 2 aromatic carbocycles. The number of ether oxygens (including phenoxy) is 1. The number of hydrogen-bond acceptors (Lipinski definition) is 3. The van der Waals surface area contributed by atoms with Crippen molar-refractivity contribution in [2.75, 3.05) is 18.1 Å². The van der Waals surface area contributed by atoms with Crippen LogP contribution in [0.2, 0.25) is 0 Å². The van der Waals surface area contributed by atoms with E-state index in [0.717, 1.165) is 40.1 Å². The van der Waals surface area contributed by atoms with E-state index in [9.17, 15) is 0 Å². The van der Waals surface area contributed by atoms with Gasteiger partial charge in [-0.3, -0.25) is 5.41 Å². The van der Waals surface area contributed by atoms with Gasteiger partial charge < -0.3 is 15.4 Å². The molecule has 0 radical (unpaired) electrons. The van der Waals surface area contributed by atoms with Crippen molar-refractivity contribution in [1.82, 2.24) is 0 Å². The average molecular weight is 346 g/mol. The predicted molar refractivity (Wildman–Crippen MR) is 88.7 cm³/mol. The molecule has 0 fully saturated rings. The van der Waals surface area contributed by atoms with Gasteiger partial charge in [0.2, 0.25) is 0 Å². The standard InChI is InChI=1S/C16H16BrN3O/c17-11-6-7-13(12(10-11)16(18)19)20-8-3-9-21-15-5-2-1-4-14(15)20/h1-2,4-7,10H,3,8-9H2,(H3,18,19). The zero-order chi connectivity index (χ0) is 14.8. The Hall–Kier alpha value is -2.01. The molecule has 1 aliphatic heterocycles. The molecule has 0 spiro atoms. The molecule has 0 saturated heterocycles. The van der Waals surface area contributed by atoms with E-state index in [1.165, 1.54) is 0 Å². The molecule has 5 heteroatoms. The predicted octanol–water partition coefficient (Wildman–Crippen LogP) is 3.65. The quantitative estimate of drug-likeness (QED) is 0.644. The monoisotopic (exact) mass is 345 g/mol. The van der Waals surface area contributed by atoms with Crippen molar-refractivity contribution in [1.29, 1.82) is 5.41 Å². The summed E-state index contributed by atoms with van der Waals surface area (Å²) in [5.74, 6) is 0.932. The van der Waals surface area contributed by atoms with Crippen LogP contribution in [-0.2, 0) is 0 Å². The van der Waals surface area contributed by atoms with Crippen LogP contribution in [0.15, 0.2) is 46.9 Å². The van der Waals surface area contributed by atoms with Gasteiger partial charge in [-0.05, 0) is 36.8 Å². The van der Waals surface area contributed by atoms with E-state index in [-0.39, 0.29) is 5.84 Å². The summed E-state index contributed by atoms with van der Waals surface area (Å²) in [6.07, 6.45) is 0.919. The normalized spacial score (nSPS) is 14.0. The van der Waals surface area contributed by atoms with Crippen LogP contribution < -0.4 is 15.4 Å². The molecular formula is C16H16BrN3O. The first-order chi connectivity index (χ1) is 10.2. The van der Waals surface area contributed by atoms with Crippen LogP contribution in [-0.4, -0.2) is 19.0 Å². The molecular weight excluding hydrogens is 330 g/mol. The molecule has 3 N–H and O–H groups in total. The molecule has 2 aromatic rings. The highest BCUT2D eigenvalue weighted by molar-refractivity contribution is 9.10. The molecule has 0 atom stereocenters. The third kappa shape index (κ3) is 2.74. The van der Waals surface area contributed by atoms with Crippen LogP contribution in [0.4, 0.5) is 11.4 Å². The number of nitrogens with two attached hydrogens (primary N) is 1. The van der Waals surface area contributed by atoms with Gasteiger partial charge in [0.05, 0.1) is 18.0 Å². The number of halogens is 1. The number of para-hydroxylation sites is 2. The number of hydrogen-bond donors (Lipinski definition) is 2. The average Bonchev–Trinajstić information content (AvgIpc) is 2.69. The van der Waals surface area contributed by atoms with Crippen molar-refractivity contribution < 1.29 is 4.74 Å². The van der Waals surface area contributed by atoms with E-state index >= 15 is 0 Å². The van der Waals surface area contributed by atoms with E-state index in [4.69, 9.17) is 15.9 Å². The Balaban J connectivity index is 2.14. The molecule has 0 bridgehead atoms. The maximum atomic E-state index is 7.83. The summed E-state index contributed by atoms with van der Waals surface area (Å²) in [5, 5.41) is 7.83.